The van der Waals surface area contributed by atoms with Gasteiger partial charge < -0.3 is 15.3 Å². The minimum absolute atomic E-state index is 0.0177. The molecule has 1 rings (SSSR count). The third kappa shape index (κ3) is 3.95. The van der Waals surface area contributed by atoms with Crippen LogP contribution in [0.1, 0.15) is 46.0 Å². The summed E-state index contributed by atoms with van der Waals surface area (Å²) in [5.74, 6) is -1.04. The Hall–Kier alpha value is -1.59. The summed E-state index contributed by atoms with van der Waals surface area (Å²) in [6.07, 6.45) is 2.21. The van der Waals surface area contributed by atoms with Crippen molar-refractivity contribution in [2.75, 3.05) is 20.1 Å². The van der Waals surface area contributed by atoms with Crippen LogP contribution < -0.4 is 5.32 Å². The monoisotopic (exact) mass is 298 g/mol. The maximum absolute atomic E-state index is 12.3. The standard InChI is InChI=1S/C15H26N2O4/c1-4-15(5-2,14(20)21)10-12(18)17-8-6-11(7-9-17)13(19)16-3/h11H,4-10H2,1-3H3,(H,16,19)(H,20,21). The van der Waals surface area contributed by atoms with Crippen LogP contribution in [-0.2, 0) is 14.4 Å². The Kier molecular flexibility index (Phi) is 6.18. The largest absolute Gasteiger partial charge is 0.481 e. The summed E-state index contributed by atoms with van der Waals surface area (Å²) in [5.41, 5.74) is -0.964. The van der Waals surface area contributed by atoms with Crippen LogP contribution in [-0.4, -0.2) is 47.9 Å². The fourth-order valence-electron chi connectivity index (χ4n) is 2.87. The average molecular weight is 298 g/mol. The van der Waals surface area contributed by atoms with Gasteiger partial charge in [-0.15, -0.1) is 0 Å². The number of rotatable bonds is 6. The van der Waals surface area contributed by atoms with Gasteiger partial charge in [0.25, 0.3) is 0 Å². The number of carboxylic acid groups (broad SMARTS) is 1. The topological polar surface area (TPSA) is 86.7 Å². The van der Waals surface area contributed by atoms with E-state index in [1.807, 2.05) is 13.8 Å². The number of carbonyl (C=O) groups is 3. The molecule has 1 fully saturated rings. The molecule has 0 spiro atoms. The highest BCUT2D eigenvalue weighted by Gasteiger charge is 2.39. The Bertz CT molecular complexity index is 396. The normalized spacial score (nSPS) is 16.6. The van der Waals surface area contributed by atoms with E-state index in [4.69, 9.17) is 0 Å². The molecule has 1 heterocycles. The van der Waals surface area contributed by atoms with Gasteiger partial charge in [0, 0.05) is 32.5 Å². The maximum Gasteiger partial charge on any atom is 0.310 e. The molecule has 21 heavy (non-hydrogen) atoms. The van der Waals surface area contributed by atoms with E-state index >= 15 is 0 Å². The molecule has 2 N–H and O–H groups in total. The molecule has 1 saturated heterocycles. The molecular formula is C15H26N2O4. The van der Waals surface area contributed by atoms with Gasteiger partial charge in [0.05, 0.1) is 5.41 Å². The Labute approximate surface area is 125 Å². The van der Waals surface area contributed by atoms with Crippen LogP contribution >= 0.6 is 0 Å². The fraction of sp³-hybridized carbons (Fsp3) is 0.800. The molecule has 0 unspecified atom stereocenters. The summed E-state index contributed by atoms with van der Waals surface area (Å²) < 4.78 is 0. The summed E-state index contributed by atoms with van der Waals surface area (Å²) in [6, 6.07) is 0. The number of piperidine rings is 1. The number of likely N-dealkylation sites (tertiary alicyclic amines) is 1. The molecule has 2 amide bonds. The number of hydrogen-bond donors (Lipinski definition) is 2. The smallest absolute Gasteiger partial charge is 0.310 e. The zero-order chi connectivity index (χ0) is 16.0. The maximum atomic E-state index is 12.3. The van der Waals surface area contributed by atoms with Crippen LogP contribution in [0, 0.1) is 11.3 Å². The van der Waals surface area contributed by atoms with Gasteiger partial charge in [-0.1, -0.05) is 13.8 Å². The van der Waals surface area contributed by atoms with Crippen LogP contribution in [0.15, 0.2) is 0 Å². The quantitative estimate of drug-likeness (QED) is 0.772. The highest BCUT2D eigenvalue weighted by Crippen LogP contribution is 2.32. The highest BCUT2D eigenvalue weighted by atomic mass is 16.4. The second-order valence-corrected chi connectivity index (χ2v) is 5.74. The van der Waals surface area contributed by atoms with Crippen LogP contribution in [0.5, 0.6) is 0 Å². The molecule has 0 aliphatic carbocycles. The third-order valence-electron chi connectivity index (χ3n) is 4.76. The van der Waals surface area contributed by atoms with Crippen molar-refractivity contribution in [1.82, 2.24) is 10.2 Å². The molecule has 0 aromatic rings. The van der Waals surface area contributed by atoms with E-state index < -0.39 is 11.4 Å². The number of amides is 2. The van der Waals surface area contributed by atoms with Crippen molar-refractivity contribution >= 4 is 17.8 Å². The second kappa shape index (κ2) is 7.43. The Morgan fingerprint density at radius 2 is 1.71 bits per heavy atom. The first-order valence-corrected chi connectivity index (χ1v) is 7.63. The van der Waals surface area contributed by atoms with Gasteiger partial charge >= 0.3 is 5.97 Å². The van der Waals surface area contributed by atoms with Crippen molar-refractivity contribution in [3.63, 3.8) is 0 Å². The number of nitrogens with zero attached hydrogens (tertiary/aromatic N) is 1. The number of carboxylic acids is 1. The molecule has 0 aromatic heterocycles. The summed E-state index contributed by atoms with van der Waals surface area (Å²) in [4.78, 5) is 37.1. The van der Waals surface area contributed by atoms with Crippen molar-refractivity contribution < 1.29 is 19.5 Å². The number of aliphatic carboxylic acids is 1. The SMILES string of the molecule is CCC(CC)(CC(=O)N1CCC(C(=O)NC)CC1)C(=O)O. The van der Waals surface area contributed by atoms with E-state index in [-0.39, 0.29) is 24.2 Å². The van der Waals surface area contributed by atoms with Crippen LogP contribution in [0.3, 0.4) is 0 Å². The van der Waals surface area contributed by atoms with Gasteiger partial charge in [-0.2, -0.15) is 0 Å². The van der Waals surface area contributed by atoms with Crippen molar-refractivity contribution in [3.8, 4) is 0 Å². The zero-order valence-corrected chi connectivity index (χ0v) is 13.1. The second-order valence-electron chi connectivity index (χ2n) is 5.74. The van der Waals surface area contributed by atoms with E-state index in [1.54, 1.807) is 11.9 Å². The molecule has 1 aliphatic rings. The van der Waals surface area contributed by atoms with Crippen molar-refractivity contribution in [3.05, 3.63) is 0 Å². The number of carbonyl (C=O) groups excluding carboxylic acids is 2. The minimum atomic E-state index is -0.964. The molecule has 1 aliphatic heterocycles. The van der Waals surface area contributed by atoms with E-state index in [1.165, 1.54) is 0 Å². The van der Waals surface area contributed by atoms with E-state index in [0.29, 0.717) is 38.8 Å². The van der Waals surface area contributed by atoms with E-state index in [0.717, 1.165) is 0 Å². The predicted molar refractivity (Wildman–Crippen MR) is 78.6 cm³/mol. The molecule has 120 valence electrons. The summed E-state index contributed by atoms with van der Waals surface area (Å²) in [6.45, 7) is 4.67. The lowest BCUT2D eigenvalue weighted by Gasteiger charge is -2.34. The average Bonchev–Trinajstić information content (AvgIpc) is 2.51. The molecule has 0 bridgehead atoms. The first kappa shape index (κ1) is 17.5. The summed E-state index contributed by atoms with van der Waals surface area (Å²) in [5, 5.41) is 12.0. The van der Waals surface area contributed by atoms with Gasteiger partial charge in [-0.3, -0.25) is 14.4 Å². The van der Waals surface area contributed by atoms with E-state index in [9.17, 15) is 19.5 Å². The number of nitrogens with one attached hydrogen (secondary N) is 1. The summed E-state index contributed by atoms with van der Waals surface area (Å²) >= 11 is 0. The highest BCUT2D eigenvalue weighted by molar-refractivity contribution is 5.85. The van der Waals surface area contributed by atoms with Gasteiger partial charge in [0.2, 0.25) is 11.8 Å². The van der Waals surface area contributed by atoms with Gasteiger partial charge in [-0.05, 0) is 25.7 Å². The first-order chi connectivity index (χ1) is 9.90. The van der Waals surface area contributed by atoms with Crippen molar-refractivity contribution in [2.45, 2.75) is 46.0 Å². The fourth-order valence-corrected chi connectivity index (χ4v) is 2.87. The van der Waals surface area contributed by atoms with Crippen molar-refractivity contribution in [1.29, 1.82) is 0 Å². The predicted octanol–water partition coefficient (Wildman–Crippen LogP) is 1.25. The van der Waals surface area contributed by atoms with Crippen LogP contribution in [0.2, 0.25) is 0 Å². The molecule has 0 radical (unpaired) electrons. The minimum Gasteiger partial charge on any atom is -0.481 e. The van der Waals surface area contributed by atoms with Gasteiger partial charge in [0.15, 0.2) is 0 Å². The Morgan fingerprint density at radius 3 is 2.10 bits per heavy atom. The van der Waals surface area contributed by atoms with Crippen LogP contribution in [0.25, 0.3) is 0 Å². The lowest BCUT2D eigenvalue weighted by atomic mass is 9.78. The lowest BCUT2D eigenvalue weighted by molar-refractivity contribution is -0.154. The third-order valence-corrected chi connectivity index (χ3v) is 4.76. The van der Waals surface area contributed by atoms with Gasteiger partial charge in [-0.25, -0.2) is 0 Å². The summed E-state index contributed by atoms with van der Waals surface area (Å²) in [7, 11) is 1.61. The van der Waals surface area contributed by atoms with E-state index in [2.05, 4.69) is 5.32 Å². The first-order valence-electron chi connectivity index (χ1n) is 7.63. The molecule has 0 atom stereocenters. The molecule has 6 heteroatoms. The zero-order valence-electron chi connectivity index (χ0n) is 13.1. The Balaban J connectivity index is 2.62. The van der Waals surface area contributed by atoms with Gasteiger partial charge in [0.1, 0.15) is 0 Å². The van der Waals surface area contributed by atoms with Crippen molar-refractivity contribution in [2.24, 2.45) is 11.3 Å². The molecule has 0 aromatic carbocycles. The molecule has 6 nitrogen and oxygen atoms in total. The Morgan fingerprint density at radius 1 is 1.19 bits per heavy atom. The molecule has 0 saturated carbocycles. The lowest BCUT2D eigenvalue weighted by Crippen LogP contribution is -2.45. The van der Waals surface area contributed by atoms with Crippen LogP contribution in [0.4, 0.5) is 0 Å². The number of hydrogen-bond acceptors (Lipinski definition) is 3. The molecular weight excluding hydrogens is 272 g/mol.